The first-order valence-corrected chi connectivity index (χ1v) is 14.6. The van der Waals surface area contributed by atoms with Gasteiger partial charge in [-0.15, -0.1) is 11.3 Å². The van der Waals surface area contributed by atoms with Crippen molar-refractivity contribution in [2.45, 2.75) is 20.4 Å². The Morgan fingerprint density at radius 2 is 2.16 bits per heavy atom. The van der Waals surface area contributed by atoms with Crippen LogP contribution in [-0.2, 0) is 11.3 Å². The molecule has 37 heavy (non-hydrogen) atoms. The van der Waals surface area contributed by atoms with E-state index >= 15 is 0 Å². The van der Waals surface area contributed by atoms with E-state index in [-0.39, 0.29) is 5.91 Å². The number of aryl methyl sites for hydroxylation is 1. The highest BCUT2D eigenvalue weighted by Crippen LogP contribution is 2.33. The number of thioether (sulfide) groups is 1. The van der Waals surface area contributed by atoms with Crippen LogP contribution in [0.25, 0.3) is 16.9 Å². The van der Waals surface area contributed by atoms with Gasteiger partial charge in [-0.1, -0.05) is 0 Å². The average Bonchev–Trinajstić information content (AvgIpc) is 3.65. The normalized spacial score (nSPS) is 14.4. The Morgan fingerprint density at radius 1 is 1.32 bits per heavy atom. The molecule has 1 aliphatic rings. The molecule has 1 aliphatic heterocycles. The molecule has 12 heteroatoms. The summed E-state index contributed by atoms with van der Waals surface area (Å²) in [6.07, 6.45) is 9.48. The molecule has 0 aliphatic carbocycles. The fraction of sp³-hybridized carbons (Fsp3) is 0.440. The van der Waals surface area contributed by atoms with Gasteiger partial charge in [0.05, 0.1) is 46.9 Å². The number of anilines is 2. The molecule has 4 aromatic heterocycles. The van der Waals surface area contributed by atoms with Gasteiger partial charge in [-0.05, 0) is 31.7 Å². The zero-order valence-electron chi connectivity index (χ0n) is 21.4. The van der Waals surface area contributed by atoms with E-state index in [9.17, 15) is 4.79 Å². The third kappa shape index (κ3) is 5.66. The number of ether oxygens (including phenoxy) is 1. The van der Waals surface area contributed by atoms with E-state index in [1.54, 1.807) is 18.0 Å². The van der Waals surface area contributed by atoms with Crippen molar-refractivity contribution in [2.24, 2.45) is 0 Å². The number of aromatic nitrogens is 5. The summed E-state index contributed by atoms with van der Waals surface area (Å²) in [5, 5.41) is 11.3. The molecule has 0 saturated carbocycles. The molecule has 2 N–H and O–H groups in total. The second-order valence-corrected chi connectivity index (χ2v) is 10.9. The Bertz CT molecular complexity index is 1340. The molecule has 0 spiro atoms. The number of morpholine rings is 1. The fourth-order valence-electron chi connectivity index (χ4n) is 4.45. The third-order valence-electron chi connectivity index (χ3n) is 6.38. The SMILES string of the molecule is CCN(CCSC)C(=O)c1sc(Nc2nc(C)cn3c(-c4cn[nH]c4)cnc23)cc1CN1CCOCC1. The van der Waals surface area contributed by atoms with Crippen molar-refractivity contribution in [3.8, 4) is 11.3 Å². The largest absolute Gasteiger partial charge is 0.379 e. The highest BCUT2D eigenvalue weighted by molar-refractivity contribution is 7.98. The number of imidazole rings is 1. The van der Waals surface area contributed by atoms with E-state index in [4.69, 9.17) is 9.72 Å². The summed E-state index contributed by atoms with van der Waals surface area (Å²) in [6, 6.07) is 2.09. The summed E-state index contributed by atoms with van der Waals surface area (Å²) in [6.45, 7) is 9.29. The number of hydrogen-bond acceptors (Lipinski definition) is 9. The van der Waals surface area contributed by atoms with Gasteiger partial charge >= 0.3 is 0 Å². The minimum absolute atomic E-state index is 0.0864. The fourth-order valence-corrected chi connectivity index (χ4v) is 5.89. The number of rotatable bonds is 10. The monoisotopic (exact) mass is 540 g/mol. The van der Waals surface area contributed by atoms with Crippen LogP contribution in [0, 0.1) is 6.92 Å². The minimum atomic E-state index is 0.0864. The highest BCUT2D eigenvalue weighted by atomic mass is 32.2. The molecule has 5 heterocycles. The number of carbonyl (C=O) groups is 1. The average molecular weight is 541 g/mol. The second kappa shape index (κ2) is 11.6. The number of H-pyrrole nitrogens is 1. The zero-order valence-corrected chi connectivity index (χ0v) is 23.0. The summed E-state index contributed by atoms with van der Waals surface area (Å²) in [4.78, 5) is 28.1. The Labute approximate surface area is 224 Å². The van der Waals surface area contributed by atoms with Gasteiger partial charge in [-0.2, -0.15) is 16.9 Å². The molecular formula is C25H32N8O2S2. The van der Waals surface area contributed by atoms with Crippen LogP contribution in [0.2, 0.25) is 0 Å². The van der Waals surface area contributed by atoms with Crippen LogP contribution in [0.1, 0.15) is 27.9 Å². The molecule has 10 nitrogen and oxygen atoms in total. The summed E-state index contributed by atoms with van der Waals surface area (Å²) in [5.41, 5.74) is 4.49. The molecule has 0 unspecified atom stereocenters. The lowest BCUT2D eigenvalue weighted by Gasteiger charge is -2.27. The maximum absolute atomic E-state index is 13.6. The molecule has 0 bridgehead atoms. The predicted octanol–water partition coefficient (Wildman–Crippen LogP) is 3.89. The van der Waals surface area contributed by atoms with Crippen LogP contribution in [0.5, 0.6) is 0 Å². The van der Waals surface area contributed by atoms with Crippen LogP contribution in [0.4, 0.5) is 10.8 Å². The lowest BCUT2D eigenvalue weighted by molar-refractivity contribution is 0.0341. The van der Waals surface area contributed by atoms with Crippen LogP contribution in [0.3, 0.4) is 0 Å². The van der Waals surface area contributed by atoms with Crippen molar-refractivity contribution in [3.63, 3.8) is 0 Å². The van der Waals surface area contributed by atoms with Crippen molar-refractivity contribution in [1.29, 1.82) is 0 Å². The summed E-state index contributed by atoms with van der Waals surface area (Å²) < 4.78 is 7.55. The number of nitrogens with zero attached hydrogens (tertiary/aromatic N) is 6. The minimum Gasteiger partial charge on any atom is -0.379 e. The van der Waals surface area contributed by atoms with Crippen molar-refractivity contribution >= 4 is 45.5 Å². The van der Waals surface area contributed by atoms with Gasteiger partial charge < -0.3 is 15.0 Å². The topological polar surface area (TPSA) is 104 Å². The van der Waals surface area contributed by atoms with Gasteiger partial charge in [-0.25, -0.2) is 9.97 Å². The molecule has 1 fully saturated rings. The standard InChI is InChI=1S/C25H32N8O2S2/c1-4-32(7-10-36-3)25(34)22-18(16-31-5-8-35-9-6-31)11-21(37-22)30-23-24-26-14-20(19-12-27-28-13-19)33(24)15-17(2)29-23/h11-15H,4-10,16H2,1-3H3,(H,27,28)(H,29,30). The van der Waals surface area contributed by atoms with Crippen molar-refractivity contribution in [3.05, 3.63) is 47.0 Å². The molecule has 4 aromatic rings. The quantitative estimate of drug-likeness (QED) is 0.312. The second-order valence-electron chi connectivity index (χ2n) is 8.91. The Hall–Kier alpha value is -2.93. The smallest absolute Gasteiger partial charge is 0.264 e. The summed E-state index contributed by atoms with van der Waals surface area (Å²) in [5.74, 6) is 1.66. The Balaban J connectivity index is 1.48. The molecule has 1 saturated heterocycles. The van der Waals surface area contributed by atoms with Gasteiger partial charge in [0, 0.05) is 56.4 Å². The molecule has 1 amide bonds. The Kier molecular flexibility index (Phi) is 8.08. The summed E-state index contributed by atoms with van der Waals surface area (Å²) >= 11 is 3.24. The maximum atomic E-state index is 13.6. The van der Waals surface area contributed by atoms with Crippen LogP contribution in [-0.4, -0.2) is 91.7 Å². The van der Waals surface area contributed by atoms with E-state index in [1.807, 2.05) is 41.7 Å². The lowest BCUT2D eigenvalue weighted by Crippen LogP contribution is -2.37. The number of hydrogen-bond donors (Lipinski definition) is 2. The maximum Gasteiger partial charge on any atom is 0.264 e. The van der Waals surface area contributed by atoms with Gasteiger partial charge in [0.15, 0.2) is 11.5 Å². The highest BCUT2D eigenvalue weighted by Gasteiger charge is 2.24. The van der Waals surface area contributed by atoms with Crippen molar-refractivity contribution in [1.82, 2.24) is 34.4 Å². The molecule has 196 valence electrons. The number of nitrogens with one attached hydrogen (secondary N) is 2. The Morgan fingerprint density at radius 3 is 2.89 bits per heavy atom. The zero-order chi connectivity index (χ0) is 25.8. The van der Waals surface area contributed by atoms with Gasteiger partial charge in [0.1, 0.15) is 0 Å². The van der Waals surface area contributed by atoms with Gasteiger partial charge in [0.25, 0.3) is 5.91 Å². The lowest BCUT2D eigenvalue weighted by atomic mass is 10.2. The third-order valence-corrected chi connectivity index (χ3v) is 8.06. The van der Waals surface area contributed by atoms with Crippen molar-refractivity contribution < 1.29 is 9.53 Å². The molecule has 5 rings (SSSR count). The molecule has 0 radical (unpaired) electrons. The summed E-state index contributed by atoms with van der Waals surface area (Å²) in [7, 11) is 0. The predicted molar refractivity (Wildman–Crippen MR) is 149 cm³/mol. The van der Waals surface area contributed by atoms with E-state index in [2.05, 4.69) is 37.7 Å². The van der Waals surface area contributed by atoms with E-state index in [0.717, 1.165) is 71.0 Å². The van der Waals surface area contributed by atoms with Crippen LogP contribution >= 0.6 is 23.1 Å². The molecular weight excluding hydrogens is 508 g/mol. The number of fused-ring (bicyclic) bond motifs is 1. The van der Waals surface area contributed by atoms with Crippen molar-refractivity contribution in [2.75, 3.05) is 56.7 Å². The number of thiophene rings is 1. The first kappa shape index (κ1) is 25.7. The van der Waals surface area contributed by atoms with Gasteiger partial charge in [-0.3, -0.25) is 19.2 Å². The number of aromatic amines is 1. The van der Waals surface area contributed by atoms with Crippen LogP contribution in [0.15, 0.2) is 30.9 Å². The first-order valence-electron chi connectivity index (χ1n) is 12.4. The van der Waals surface area contributed by atoms with E-state index in [1.165, 1.54) is 11.3 Å². The molecule has 0 atom stereocenters. The molecule has 0 aromatic carbocycles. The van der Waals surface area contributed by atoms with Crippen LogP contribution < -0.4 is 5.32 Å². The van der Waals surface area contributed by atoms with E-state index < -0.39 is 0 Å². The first-order chi connectivity index (χ1) is 18.1. The van der Waals surface area contributed by atoms with Gasteiger partial charge in [0.2, 0.25) is 0 Å². The van der Waals surface area contributed by atoms with E-state index in [0.29, 0.717) is 24.6 Å². The number of amides is 1. The number of carbonyl (C=O) groups excluding carboxylic acids is 1.